The molecule has 4 rings (SSSR count). The van der Waals surface area contributed by atoms with Gasteiger partial charge in [0.25, 0.3) is 0 Å². The summed E-state index contributed by atoms with van der Waals surface area (Å²) in [6.45, 7) is 0. The van der Waals surface area contributed by atoms with Gasteiger partial charge in [-0.3, -0.25) is 4.79 Å². The van der Waals surface area contributed by atoms with Crippen molar-refractivity contribution in [3.05, 3.63) is 95.4 Å². The summed E-state index contributed by atoms with van der Waals surface area (Å²) < 4.78 is 12.5. The fourth-order valence-electron chi connectivity index (χ4n) is 2.88. The first kappa shape index (κ1) is 19.9. The molecule has 0 saturated carbocycles. The Balaban J connectivity index is 1.29. The van der Waals surface area contributed by atoms with E-state index in [1.165, 1.54) is 0 Å². The Morgan fingerprint density at radius 3 is 2.50 bits per heavy atom. The molecule has 0 fully saturated rings. The van der Waals surface area contributed by atoms with Gasteiger partial charge in [0.15, 0.2) is 11.7 Å². The van der Waals surface area contributed by atoms with Gasteiger partial charge in [-0.1, -0.05) is 46.3 Å². The summed E-state index contributed by atoms with van der Waals surface area (Å²) in [6, 6.07) is 24.6. The summed E-state index contributed by atoms with van der Waals surface area (Å²) in [5, 5.41) is 2.88. The molecule has 0 unspecified atom stereocenters. The largest absolute Gasteiger partial charge is 0.457 e. The van der Waals surface area contributed by atoms with Crippen molar-refractivity contribution < 1.29 is 13.9 Å². The fourth-order valence-corrected chi connectivity index (χ4v) is 3.28. The van der Waals surface area contributed by atoms with Crippen LogP contribution in [0.1, 0.15) is 12.3 Å². The number of benzene rings is 3. The summed E-state index contributed by atoms with van der Waals surface area (Å²) in [5.74, 6) is 2.59. The number of hydrogen-bond donors (Lipinski definition) is 1. The van der Waals surface area contributed by atoms with E-state index in [9.17, 15) is 4.79 Å². The van der Waals surface area contributed by atoms with Gasteiger partial charge in [-0.25, -0.2) is 4.98 Å². The maximum Gasteiger partial charge on any atom is 0.224 e. The Labute approximate surface area is 182 Å². The van der Waals surface area contributed by atoms with Gasteiger partial charge in [-0.15, -0.1) is 0 Å². The van der Waals surface area contributed by atoms with Crippen molar-refractivity contribution in [1.29, 1.82) is 0 Å². The fraction of sp³-hybridized carbons (Fsp3) is 0.0833. The molecule has 5 nitrogen and oxygen atoms in total. The van der Waals surface area contributed by atoms with Crippen LogP contribution in [0.15, 0.2) is 93.9 Å². The highest BCUT2D eigenvalue weighted by atomic mass is 79.9. The van der Waals surface area contributed by atoms with E-state index < -0.39 is 0 Å². The van der Waals surface area contributed by atoms with Crippen molar-refractivity contribution in [2.75, 3.05) is 5.32 Å². The van der Waals surface area contributed by atoms with E-state index in [4.69, 9.17) is 9.15 Å². The van der Waals surface area contributed by atoms with Gasteiger partial charge in [0, 0.05) is 28.6 Å². The van der Waals surface area contributed by atoms with E-state index in [0.29, 0.717) is 29.5 Å². The molecule has 0 atom stereocenters. The molecule has 1 aromatic heterocycles. The molecule has 6 heteroatoms. The first-order valence-electron chi connectivity index (χ1n) is 9.49. The van der Waals surface area contributed by atoms with Crippen molar-refractivity contribution in [2.45, 2.75) is 12.8 Å². The number of para-hydroxylation sites is 1. The molecule has 0 bridgehead atoms. The van der Waals surface area contributed by atoms with Gasteiger partial charge in [0.1, 0.15) is 11.5 Å². The predicted octanol–water partition coefficient (Wildman–Crippen LogP) is 6.47. The van der Waals surface area contributed by atoms with E-state index in [1.54, 1.807) is 6.20 Å². The Hall–Kier alpha value is -3.38. The molecule has 0 aliphatic rings. The lowest BCUT2D eigenvalue weighted by Gasteiger charge is -2.08. The maximum absolute atomic E-state index is 12.3. The zero-order chi connectivity index (χ0) is 20.8. The lowest BCUT2D eigenvalue weighted by Crippen LogP contribution is -2.12. The van der Waals surface area contributed by atoms with Gasteiger partial charge in [0.2, 0.25) is 5.91 Å². The minimum atomic E-state index is -0.103. The highest BCUT2D eigenvalue weighted by Crippen LogP contribution is 2.25. The van der Waals surface area contributed by atoms with Crippen molar-refractivity contribution >= 4 is 27.5 Å². The van der Waals surface area contributed by atoms with Gasteiger partial charge < -0.3 is 14.5 Å². The molecule has 1 heterocycles. The highest BCUT2D eigenvalue weighted by Gasteiger charge is 2.10. The van der Waals surface area contributed by atoms with Crippen molar-refractivity contribution in [2.24, 2.45) is 0 Å². The zero-order valence-corrected chi connectivity index (χ0v) is 17.6. The molecule has 30 heavy (non-hydrogen) atoms. The Kier molecular flexibility index (Phi) is 6.25. The number of carbonyl (C=O) groups excluding carboxylic acids is 1. The normalized spacial score (nSPS) is 10.6. The number of nitrogens with one attached hydrogen (secondary N) is 1. The quantitative estimate of drug-likeness (QED) is 0.341. The summed E-state index contributed by atoms with van der Waals surface area (Å²) in [7, 11) is 0. The molecule has 0 radical (unpaired) electrons. The molecule has 4 aromatic rings. The first-order chi connectivity index (χ1) is 14.7. The molecule has 0 aliphatic heterocycles. The van der Waals surface area contributed by atoms with Crippen molar-refractivity contribution in [1.82, 2.24) is 4.98 Å². The van der Waals surface area contributed by atoms with Gasteiger partial charge in [-0.2, -0.15) is 0 Å². The molecule has 150 valence electrons. The third kappa shape index (κ3) is 5.36. The van der Waals surface area contributed by atoms with E-state index in [-0.39, 0.29) is 12.3 Å². The van der Waals surface area contributed by atoms with Crippen LogP contribution in [0, 0.1) is 0 Å². The van der Waals surface area contributed by atoms with Gasteiger partial charge >= 0.3 is 0 Å². The number of carbonyl (C=O) groups is 1. The molecule has 0 aliphatic carbocycles. The first-order valence-corrected chi connectivity index (χ1v) is 10.3. The minimum Gasteiger partial charge on any atom is -0.457 e. The molecule has 3 aromatic carbocycles. The highest BCUT2D eigenvalue weighted by molar-refractivity contribution is 9.10. The van der Waals surface area contributed by atoms with Crippen LogP contribution in [0.3, 0.4) is 0 Å². The second-order valence-corrected chi connectivity index (χ2v) is 7.53. The Morgan fingerprint density at radius 2 is 1.73 bits per heavy atom. The number of hydrogen-bond acceptors (Lipinski definition) is 4. The average molecular weight is 463 g/mol. The van der Waals surface area contributed by atoms with Crippen LogP contribution >= 0.6 is 15.9 Å². The number of nitrogens with zero attached hydrogens (tertiary/aromatic N) is 1. The Morgan fingerprint density at radius 1 is 0.967 bits per heavy atom. The number of rotatable bonds is 7. The van der Waals surface area contributed by atoms with Crippen LogP contribution in [0.2, 0.25) is 0 Å². The van der Waals surface area contributed by atoms with Crippen LogP contribution in [0.25, 0.3) is 11.3 Å². The third-order valence-electron chi connectivity index (χ3n) is 4.35. The molecular weight excluding hydrogens is 444 g/mol. The van der Waals surface area contributed by atoms with Gasteiger partial charge in [-0.05, 0) is 48.5 Å². The molecule has 1 amide bonds. The molecule has 0 saturated heterocycles. The summed E-state index contributed by atoms with van der Waals surface area (Å²) in [4.78, 5) is 16.5. The maximum atomic E-state index is 12.3. The third-order valence-corrected chi connectivity index (χ3v) is 4.84. The van der Waals surface area contributed by atoms with Crippen LogP contribution in [-0.4, -0.2) is 10.9 Å². The summed E-state index contributed by atoms with van der Waals surface area (Å²) in [6.07, 6.45) is 2.39. The summed E-state index contributed by atoms with van der Waals surface area (Å²) in [5.41, 5.74) is 1.65. The second kappa shape index (κ2) is 9.41. The van der Waals surface area contributed by atoms with Crippen molar-refractivity contribution in [3.63, 3.8) is 0 Å². The van der Waals surface area contributed by atoms with Crippen molar-refractivity contribution in [3.8, 4) is 22.8 Å². The second-order valence-electron chi connectivity index (χ2n) is 6.62. The number of aryl methyl sites for hydroxylation is 1. The van der Waals surface area contributed by atoms with Crippen LogP contribution in [-0.2, 0) is 11.2 Å². The number of amides is 1. The van der Waals surface area contributed by atoms with E-state index in [2.05, 4.69) is 26.2 Å². The topological polar surface area (TPSA) is 64.4 Å². The SMILES string of the molecule is O=C(CCc1ncc(-c2cccc(Br)c2)o1)Nc1ccc(Oc2ccccc2)cc1. The van der Waals surface area contributed by atoms with Crippen LogP contribution < -0.4 is 10.1 Å². The zero-order valence-electron chi connectivity index (χ0n) is 16.0. The Bertz CT molecular complexity index is 1120. The van der Waals surface area contributed by atoms with Gasteiger partial charge in [0.05, 0.1) is 6.20 Å². The average Bonchev–Trinajstić information content (AvgIpc) is 3.24. The standard InChI is InChI=1S/C24H19BrN2O3/c25-18-6-4-5-17(15-18)22-16-26-24(30-22)14-13-23(28)27-19-9-11-21(12-10-19)29-20-7-2-1-3-8-20/h1-12,15-16H,13-14H2,(H,27,28). The minimum absolute atomic E-state index is 0.103. The smallest absolute Gasteiger partial charge is 0.224 e. The van der Waals surface area contributed by atoms with E-state index >= 15 is 0 Å². The van der Waals surface area contributed by atoms with Crippen LogP contribution in [0.4, 0.5) is 5.69 Å². The molecule has 1 N–H and O–H groups in total. The number of aromatic nitrogens is 1. The number of oxazole rings is 1. The van der Waals surface area contributed by atoms with Crippen LogP contribution in [0.5, 0.6) is 11.5 Å². The monoisotopic (exact) mass is 462 g/mol. The number of halogens is 1. The van der Waals surface area contributed by atoms with E-state index in [1.807, 2.05) is 78.9 Å². The summed E-state index contributed by atoms with van der Waals surface area (Å²) >= 11 is 3.45. The predicted molar refractivity (Wildman–Crippen MR) is 120 cm³/mol. The number of ether oxygens (including phenoxy) is 1. The molecular formula is C24H19BrN2O3. The lowest BCUT2D eigenvalue weighted by molar-refractivity contribution is -0.116. The number of anilines is 1. The lowest BCUT2D eigenvalue weighted by atomic mass is 10.2. The van der Waals surface area contributed by atoms with E-state index in [0.717, 1.165) is 15.8 Å². The molecule has 0 spiro atoms.